The fraction of sp³-hybridized carbons (Fsp3) is 0.875. The Labute approximate surface area is 78.3 Å². The molecule has 5 nitrogen and oxygen atoms in total. The van der Waals surface area contributed by atoms with Gasteiger partial charge in [-0.2, -0.15) is 0 Å². The lowest BCUT2D eigenvalue weighted by Crippen LogP contribution is -2.59. The van der Waals surface area contributed by atoms with Gasteiger partial charge in [-0.25, -0.2) is 0 Å². The van der Waals surface area contributed by atoms with Gasteiger partial charge in [0.2, 0.25) is 0 Å². The van der Waals surface area contributed by atoms with Crippen LogP contribution in [0.15, 0.2) is 0 Å². The molecular formula is C8H19N3O2. The van der Waals surface area contributed by atoms with Crippen molar-refractivity contribution in [3.8, 4) is 0 Å². The van der Waals surface area contributed by atoms with Gasteiger partial charge in [0.25, 0.3) is 0 Å². The van der Waals surface area contributed by atoms with Crippen molar-refractivity contribution >= 4 is 5.97 Å². The molecule has 0 fully saturated rings. The van der Waals surface area contributed by atoms with E-state index in [1.54, 1.807) is 6.92 Å². The van der Waals surface area contributed by atoms with E-state index in [0.29, 0.717) is 19.4 Å². The molecule has 0 aromatic rings. The third kappa shape index (κ3) is 3.30. The van der Waals surface area contributed by atoms with Crippen molar-refractivity contribution in [3.63, 3.8) is 0 Å². The van der Waals surface area contributed by atoms with E-state index in [1.165, 1.54) is 0 Å². The molecule has 0 aromatic carbocycles. The molecule has 0 rings (SSSR count). The maximum absolute atomic E-state index is 10.8. The van der Waals surface area contributed by atoms with Crippen molar-refractivity contribution < 1.29 is 9.90 Å². The molecule has 0 aliphatic carbocycles. The molecule has 0 aromatic heterocycles. The summed E-state index contributed by atoms with van der Waals surface area (Å²) in [7, 11) is 0. The molecule has 0 spiro atoms. The predicted molar refractivity (Wildman–Crippen MR) is 51.1 cm³/mol. The van der Waals surface area contributed by atoms with E-state index in [4.69, 9.17) is 22.3 Å². The van der Waals surface area contributed by atoms with Gasteiger partial charge in [0.15, 0.2) is 0 Å². The van der Waals surface area contributed by atoms with Crippen molar-refractivity contribution in [3.05, 3.63) is 0 Å². The maximum atomic E-state index is 10.8. The van der Waals surface area contributed by atoms with E-state index in [1.807, 2.05) is 0 Å². The van der Waals surface area contributed by atoms with Gasteiger partial charge < -0.3 is 22.3 Å². The summed E-state index contributed by atoms with van der Waals surface area (Å²) in [6.07, 6.45) is 1.84. The Morgan fingerprint density at radius 2 is 2.08 bits per heavy atom. The summed E-state index contributed by atoms with van der Waals surface area (Å²) in [4.78, 5) is 10.8. The number of nitrogens with two attached hydrogens (primary N) is 3. The van der Waals surface area contributed by atoms with Crippen LogP contribution in [0.3, 0.4) is 0 Å². The zero-order valence-electron chi connectivity index (χ0n) is 7.99. The highest BCUT2D eigenvalue weighted by Crippen LogP contribution is 2.14. The molecule has 0 radical (unpaired) electrons. The lowest BCUT2D eigenvalue weighted by atomic mass is 9.87. The highest BCUT2D eigenvalue weighted by atomic mass is 16.4. The Balaban J connectivity index is 4.17. The standard InChI is InChI=1S/C8H19N3O2/c1-6(10)8(11,7(12)13)4-2-3-5-9/h6H,2-5,9-11H2,1H3,(H,12,13). The van der Waals surface area contributed by atoms with E-state index in [-0.39, 0.29) is 0 Å². The van der Waals surface area contributed by atoms with Crippen LogP contribution in [0.5, 0.6) is 0 Å². The fourth-order valence-corrected chi connectivity index (χ4v) is 1.09. The van der Waals surface area contributed by atoms with Crippen molar-refractivity contribution in [2.45, 2.75) is 37.8 Å². The summed E-state index contributed by atoms with van der Waals surface area (Å²) >= 11 is 0. The SMILES string of the molecule is CC(N)C(N)(CCCCN)C(=O)O. The molecule has 0 amide bonds. The van der Waals surface area contributed by atoms with E-state index in [0.717, 1.165) is 6.42 Å². The molecule has 0 bridgehead atoms. The van der Waals surface area contributed by atoms with E-state index in [2.05, 4.69) is 0 Å². The van der Waals surface area contributed by atoms with Crippen LogP contribution in [0.2, 0.25) is 0 Å². The van der Waals surface area contributed by atoms with Crippen molar-refractivity contribution in [1.29, 1.82) is 0 Å². The highest BCUT2D eigenvalue weighted by Gasteiger charge is 2.37. The summed E-state index contributed by atoms with van der Waals surface area (Å²) in [5.41, 5.74) is 15.2. The molecule has 7 N–H and O–H groups in total. The minimum Gasteiger partial charge on any atom is -0.480 e. The lowest BCUT2D eigenvalue weighted by Gasteiger charge is -2.28. The number of hydrogen-bond acceptors (Lipinski definition) is 4. The lowest BCUT2D eigenvalue weighted by molar-refractivity contribution is -0.144. The zero-order chi connectivity index (χ0) is 10.5. The normalized spacial score (nSPS) is 17.8. The topological polar surface area (TPSA) is 115 Å². The average Bonchev–Trinajstić information content (AvgIpc) is 2.03. The Bertz CT molecular complexity index is 173. The first-order valence-corrected chi connectivity index (χ1v) is 4.43. The second-order valence-electron chi connectivity index (χ2n) is 3.38. The molecule has 0 saturated heterocycles. The van der Waals surface area contributed by atoms with Gasteiger partial charge in [-0.05, 0) is 32.7 Å². The second-order valence-corrected chi connectivity index (χ2v) is 3.38. The summed E-state index contributed by atoms with van der Waals surface area (Å²) in [5.74, 6) is -1.04. The van der Waals surface area contributed by atoms with E-state index < -0.39 is 17.6 Å². The Hall–Kier alpha value is -0.650. The zero-order valence-corrected chi connectivity index (χ0v) is 7.99. The summed E-state index contributed by atoms with van der Waals surface area (Å²) in [6, 6.07) is -0.553. The Kier molecular flexibility index (Phi) is 4.90. The molecular weight excluding hydrogens is 170 g/mol. The molecule has 13 heavy (non-hydrogen) atoms. The van der Waals surface area contributed by atoms with Gasteiger partial charge in [-0.1, -0.05) is 0 Å². The van der Waals surface area contributed by atoms with Gasteiger partial charge in [-0.3, -0.25) is 4.79 Å². The van der Waals surface area contributed by atoms with Crippen LogP contribution in [0.4, 0.5) is 0 Å². The van der Waals surface area contributed by atoms with Crippen LogP contribution in [-0.4, -0.2) is 29.2 Å². The van der Waals surface area contributed by atoms with E-state index in [9.17, 15) is 4.79 Å². The first-order chi connectivity index (χ1) is 5.95. The van der Waals surface area contributed by atoms with Gasteiger partial charge in [0.05, 0.1) is 0 Å². The largest absolute Gasteiger partial charge is 0.480 e. The van der Waals surface area contributed by atoms with Crippen LogP contribution in [-0.2, 0) is 4.79 Å². The summed E-state index contributed by atoms with van der Waals surface area (Å²) in [5, 5.41) is 8.87. The van der Waals surface area contributed by atoms with Crippen LogP contribution in [0.25, 0.3) is 0 Å². The number of aliphatic carboxylic acids is 1. The van der Waals surface area contributed by atoms with Crippen LogP contribution >= 0.6 is 0 Å². The highest BCUT2D eigenvalue weighted by molar-refractivity contribution is 5.79. The van der Waals surface area contributed by atoms with Crippen molar-refractivity contribution in [2.24, 2.45) is 17.2 Å². The van der Waals surface area contributed by atoms with Crippen LogP contribution in [0, 0.1) is 0 Å². The molecule has 2 unspecified atom stereocenters. The minimum atomic E-state index is -1.31. The third-order valence-electron chi connectivity index (χ3n) is 2.26. The summed E-state index contributed by atoms with van der Waals surface area (Å²) in [6.45, 7) is 2.16. The number of rotatable bonds is 6. The number of unbranched alkanes of at least 4 members (excludes halogenated alkanes) is 1. The molecule has 0 aliphatic rings. The van der Waals surface area contributed by atoms with Crippen LogP contribution in [0.1, 0.15) is 26.2 Å². The molecule has 0 aliphatic heterocycles. The minimum absolute atomic E-state index is 0.372. The first-order valence-electron chi connectivity index (χ1n) is 4.43. The number of hydrogen-bond donors (Lipinski definition) is 4. The first kappa shape index (κ1) is 12.3. The van der Waals surface area contributed by atoms with Gasteiger partial charge >= 0.3 is 5.97 Å². The average molecular weight is 189 g/mol. The number of carbonyl (C=O) groups is 1. The van der Waals surface area contributed by atoms with Gasteiger partial charge in [0, 0.05) is 6.04 Å². The molecule has 2 atom stereocenters. The predicted octanol–water partition coefficient (Wildman–Crippen LogP) is -0.755. The number of carboxylic acids is 1. The molecule has 78 valence electrons. The quantitative estimate of drug-likeness (QED) is 0.410. The molecule has 0 heterocycles. The molecule has 5 heteroatoms. The number of carboxylic acid groups (broad SMARTS) is 1. The van der Waals surface area contributed by atoms with Gasteiger partial charge in [-0.15, -0.1) is 0 Å². The van der Waals surface area contributed by atoms with E-state index >= 15 is 0 Å². The smallest absolute Gasteiger partial charge is 0.325 e. The fourth-order valence-electron chi connectivity index (χ4n) is 1.09. The van der Waals surface area contributed by atoms with Crippen molar-refractivity contribution in [1.82, 2.24) is 0 Å². The third-order valence-corrected chi connectivity index (χ3v) is 2.26. The molecule has 0 saturated carbocycles. The maximum Gasteiger partial charge on any atom is 0.325 e. The van der Waals surface area contributed by atoms with Crippen LogP contribution < -0.4 is 17.2 Å². The second kappa shape index (κ2) is 5.16. The Morgan fingerprint density at radius 3 is 2.38 bits per heavy atom. The summed E-state index contributed by atoms with van der Waals surface area (Å²) < 4.78 is 0. The Morgan fingerprint density at radius 1 is 1.54 bits per heavy atom. The van der Waals surface area contributed by atoms with Gasteiger partial charge in [0.1, 0.15) is 5.54 Å². The van der Waals surface area contributed by atoms with Crippen molar-refractivity contribution in [2.75, 3.05) is 6.54 Å². The monoisotopic (exact) mass is 189 g/mol.